The van der Waals surface area contributed by atoms with Gasteiger partial charge in [0.25, 0.3) is 0 Å². The third kappa shape index (κ3) is 23.7. The molecule has 0 saturated heterocycles. The molecule has 0 aromatic heterocycles. The van der Waals surface area contributed by atoms with Crippen LogP contribution in [0.2, 0.25) is 0 Å². The minimum absolute atomic E-state index is 0. The van der Waals surface area contributed by atoms with Gasteiger partial charge in [-0.3, -0.25) is 0 Å². The van der Waals surface area contributed by atoms with Crippen LogP contribution in [0.15, 0.2) is 0 Å². The molecule has 0 aliphatic rings. The molecule has 0 aliphatic carbocycles. The molecule has 0 heterocycles. The molecule has 0 aliphatic heterocycles. The third-order valence-electron chi connectivity index (χ3n) is 0. The molecule has 5 heavy (non-hydrogen) atoms. The Hall–Kier alpha value is 2.04. The SMILES string of the molecule is Cl.Cl.Cl.[Cr].[GaH3]. The van der Waals surface area contributed by atoms with Gasteiger partial charge in [0, 0.05) is 17.4 Å². The fraction of sp³-hybridized carbons (Fsp3) is 0. The van der Waals surface area contributed by atoms with E-state index < -0.39 is 0 Å². The predicted octanol–water partition coefficient (Wildman–Crippen LogP) is 0.0790. The summed E-state index contributed by atoms with van der Waals surface area (Å²) in [6, 6.07) is 0. The van der Waals surface area contributed by atoms with Gasteiger partial charge in [-0.15, -0.1) is 37.2 Å². The molecule has 0 amide bonds. The van der Waals surface area contributed by atoms with Gasteiger partial charge in [-0.2, -0.15) is 0 Å². The Balaban J connectivity index is 0. The van der Waals surface area contributed by atoms with E-state index in [0.29, 0.717) is 0 Å². The predicted molar refractivity (Wildman–Crippen MR) is 31.7 cm³/mol. The molecule has 0 unspecified atom stereocenters. The molecule has 0 nitrogen and oxygen atoms in total. The van der Waals surface area contributed by atoms with E-state index in [1.54, 1.807) is 0 Å². The van der Waals surface area contributed by atoms with Gasteiger partial charge in [0.2, 0.25) is 0 Å². The molecule has 0 fully saturated rings. The Labute approximate surface area is 73.9 Å². The Morgan fingerprint density at radius 3 is 0.600 bits per heavy atom. The van der Waals surface area contributed by atoms with Crippen LogP contribution in [0.25, 0.3) is 0 Å². The summed E-state index contributed by atoms with van der Waals surface area (Å²) in [4.78, 5) is 0. The van der Waals surface area contributed by atoms with E-state index >= 15 is 0 Å². The zero-order valence-electron chi connectivity index (χ0n) is 1.63. The molecule has 5 heteroatoms. The number of halogens is 3. The molecule has 0 N–H and O–H groups in total. The zero-order chi connectivity index (χ0) is 0. The molecular weight excluding hydrogens is 228 g/mol. The Morgan fingerprint density at radius 1 is 0.600 bits per heavy atom. The van der Waals surface area contributed by atoms with E-state index in [1.807, 2.05) is 0 Å². The second-order valence-electron chi connectivity index (χ2n) is 0. The molecule has 0 aromatic rings. The van der Waals surface area contributed by atoms with Gasteiger partial charge in [0.1, 0.15) is 0 Å². The van der Waals surface area contributed by atoms with Crippen LogP contribution in [-0.4, -0.2) is 19.8 Å². The van der Waals surface area contributed by atoms with Gasteiger partial charge < -0.3 is 0 Å². The van der Waals surface area contributed by atoms with Gasteiger partial charge in [0.15, 0.2) is 0 Å². The summed E-state index contributed by atoms with van der Waals surface area (Å²) in [7, 11) is 0. The van der Waals surface area contributed by atoms with Crippen LogP contribution in [0, 0.1) is 0 Å². The summed E-state index contributed by atoms with van der Waals surface area (Å²) in [5.74, 6) is 0. The van der Waals surface area contributed by atoms with Gasteiger partial charge in [-0.1, -0.05) is 0 Å². The van der Waals surface area contributed by atoms with Crippen LogP contribution in [0.3, 0.4) is 0 Å². The first-order valence-electron chi connectivity index (χ1n) is 0. The van der Waals surface area contributed by atoms with Crippen molar-refractivity contribution in [2.75, 3.05) is 0 Å². The van der Waals surface area contributed by atoms with Crippen molar-refractivity contribution < 1.29 is 17.4 Å². The molecular formula is H6Cl3CrGa. The fourth-order valence-corrected chi connectivity index (χ4v) is 0. The molecule has 0 spiro atoms. The van der Waals surface area contributed by atoms with E-state index in [4.69, 9.17) is 0 Å². The average molecular weight is 234 g/mol. The standard InChI is InChI=1S/3ClH.Cr.Ga.3H/h3*1H;;;;;. The summed E-state index contributed by atoms with van der Waals surface area (Å²) < 4.78 is 0. The first-order chi connectivity index (χ1) is 0. The van der Waals surface area contributed by atoms with Crippen LogP contribution >= 0.6 is 37.2 Å². The summed E-state index contributed by atoms with van der Waals surface area (Å²) in [6.45, 7) is 0. The normalized spacial score (nSPS) is 0. The summed E-state index contributed by atoms with van der Waals surface area (Å²) in [5.41, 5.74) is 0. The zero-order valence-corrected chi connectivity index (χ0v) is 5.36. The van der Waals surface area contributed by atoms with Crippen LogP contribution in [0.4, 0.5) is 0 Å². The quantitative estimate of drug-likeness (QED) is 0.521. The van der Waals surface area contributed by atoms with Crippen molar-refractivity contribution in [1.29, 1.82) is 0 Å². The molecule has 0 bridgehead atoms. The second kappa shape index (κ2) is 36.9. The van der Waals surface area contributed by atoms with Crippen molar-refractivity contribution in [3.8, 4) is 0 Å². The summed E-state index contributed by atoms with van der Waals surface area (Å²) >= 11 is 0. The van der Waals surface area contributed by atoms with E-state index in [-0.39, 0.29) is 74.4 Å². The maximum absolute atomic E-state index is 0. The van der Waals surface area contributed by atoms with Gasteiger partial charge in [-0.05, 0) is 0 Å². The van der Waals surface area contributed by atoms with Crippen molar-refractivity contribution in [3.05, 3.63) is 0 Å². The van der Waals surface area contributed by atoms with Crippen molar-refractivity contribution in [1.82, 2.24) is 0 Å². The van der Waals surface area contributed by atoms with E-state index in [0.717, 1.165) is 0 Å². The molecule has 0 aromatic carbocycles. The van der Waals surface area contributed by atoms with E-state index in [2.05, 4.69) is 0 Å². The molecule has 36 valence electrons. The average Bonchev–Trinajstić information content (AvgIpc) is 0. The fourth-order valence-electron chi connectivity index (χ4n) is 0. The maximum atomic E-state index is 0. The first kappa shape index (κ1) is 61.8. The third-order valence-corrected chi connectivity index (χ3v) is 0. The summed E-state index contributed by atoms with van der Waals surface area (Å²) in [6.07, 6.45) is 0. The monoisotopic (exact) mass is 232 g/mol. The van der Waals surface area contributed by atoms with Gasteiger partial charge >= 0.3 is 19.8 Å². The van der Waals surface area contributed by atoms with Crippen LogP contribution < -0.4 is 0 Å². The number of hydrogen-bond acceptors (Lipinski definition) is 0. The molecule has 0 atom stereocenters. The minimum atomic E-state index is 0. The topological polar surface area (TPSA) is 0 Å². The Morgan fingerprint density at radius 2 is 0.600 bits per heavy atom. The summed E-state index contributed by atoms with van der Waals surface area (Å²) in [5, 5.41) is 0. The van der Waals surface area contributed by atoms with Gasteiger partial charge in [-0.25, -0.2) is 0 Å². The van der Waals surface area contributed by atoms with Crippen LogP contribution in [0.1, 0.15) is 0 Å². The van der Waals surface area contributed by atoms with Crippen molar-refractivity contribution in [2.24, 2.45) is 0 Å². The van der Waals surface area contributed by atoms with Crippen LogP contribution in [-0.2, 0) is 17.4 Å². The first-order valence-corrected chi connectivity index (χ1v) is 0. The molecule has 0 saturated carbocycles. The van der Waals surface area contributed by atoms with E-state index in [1.165, 1.54) is 0 Å². The van der Waals surface area contributed by atoms with Gasteiger partial charge in [0.05, 0.1) is 0 Å². The molecule has 0 rings (SSSR count). The number of rotatable bonds is 0. The van der Waals surface area contributed by atoms with Crippen LogP contribution in [0.5, 0.6) is 0 Å². The van der Waals surface area contributed by atoms with Crippen molar-refractivity contribution in [2.45, 2.75) is 0 Å². The molecule has 0 radical (unpaired) electrons. The number of hydrogen-bond donors (Lipinski definition) is 0. The van der Waals surface area contributed by atoms with Crippen molar-refractivity contribution in [3.63, 3.8) is 0 Å². The Bertz CT molecular complexity index is 6.85. The second-order valence-corrected chi connectivity index (χ2v) is 0. The van der Waals surface area contributed by atoms with E-state index in [9.17, 15) is 0 Å². The Kier molecular flexibility index (Phi) is 456. The van der Waals surface area contributed by atoms with Crippen molar-refractivity contribution >= 4 is 57.0 Å².